The summed E-state index contributed by atoms with van der Waals surface area (Å²) in [5.41, 5.74) is 1.92. The van der Waals surface area contributed by atoms with Gasteiger partial charge >= 0.3 is 6.03 Å². The molecule has 7 nitrogen and oxygen atoms in total. The Morgan fingerprint density at radius 3 is 2.22 bits per heavy atom. The highest BCUT2D eigenvalue weighted by Crippen LogP contribution is 2.17. The largest absolute Gasteiger partial charge is 0.352 e. The molecule has 7 heteroatoms. The van der Waals surface area contributed by atoms with E-state index < -0.39 is 0 Å². The predicted octanol–water partition coefficient (Wildman–Crippen LogP) is 2.93. The average Bonchev–Trinajstić information content (AvgIpc) is 3.25. The maximum Gasteiger partial charge on any atom is 0.321 e. The van der Waals surface area contributed by atoms with Gasteiger partial charge in [0.15, 0.2) is 11.6 Å². The number of carbonyl (C=O) groups excluding carboxylic acids is 1. The first-order chi connectivity index (χ1) is 13.2. The summed E-state index contributed by atoms with van der Waals surface area (Å²) in [5.74, 6) is 1.63. The van der Waals surface area contributed by atoms with Crippen LogP contribution in [0.3, 0.4) is 0 Å². The number of amides is 2. The van der Waals surface area contributed by atoms with Crippen molar-refractivity contribution in [3.05, 3.63) is 66.5 Å². The van der Waals surface area contributed by atoms with Crippen LogP contribution < -0.4 is 10.2 Å². The summed E-state index contributed by atoms with van der Waals surface area (Å²) in [5, 5.41) is 11.6. The molecule has 4 rings (SSSR count). The lowest BCUT2D eigenvalue weighted by Gasteiger charge is -2.35. The first kappa shape index (κ1) is 17.1. The normalized spacial score (nSPS) is 14.3. The highest BCUT2D eigenvalue weighted by molar-refractivity contribution is 5.90. The van der Waals surface area contributed by atoms with Gasteiger partial charge in [0.25, 0.3) is 0 Å². The van der Waals surface area contributed by atoms with Crippen LogP contribution in [0.15, 0.2) is 60.9 Å². The van der Waals surface area contributed by atoms with Gasteiger partial charge in [-0.1, -0.05) is 18.2 Å². The van der Waals surface area contributed by atoms with E-state index in [1.807, 2.05) is 77.3 Å². The van der Waals surface area contributed by atoms with Crippen LogP contribution in [0.5, 0.6) is 0 Å². The lowest BCUT2D eigenvalue weighted by molar-refractivity contribution is 0.208. The van der Waals surface area contributed by atoms with Crippen molar-refractivity contribution < 1.29 is 4.79 Å². The van der Waals surface area contributed by atoms with Crippen LogP contribution in [-0.4, -0.2) is 51.9 Å². The number of hydrogen-bond donors (Lipinski definition) is 1. The summed E-state index contributed by atoms with van der Waals surface area (Å²) in [4.78, 5) is 16.5. The molecule has 0 spiro atoms. The lowest BCUT2D eigenvalue weighted by Crippen LogP contribution is -2.50. The van der Waals surface area contributed by atoms with Crippen LogP contribution in [0.1, 0.15) is 5.56 Å². The van der Waals surface area contributed by atoms with Gasteiger partial charge in [0.1, 0.15) is 0 Å². The number of benzene rings is 1. The molecule has 0 saturated carbocycles. The van der Waals surface area contributed by atoms with Crippen molar-refractivity contribution >= 4 is 17.5 Å². The molecule has 1 aliphatic rings. The van der Waals surface area contributed by atoms with Crippen molar-refractivity contribution in [1.29, 1.82) is 0 Å². The van der Waals surface area contributed by atoms with Crippen molar-refractivity contribution in [2.75, 3.05) is 36.4 Å². The summed E-state index contributed by atoms with van der Waals surface area (Å²) in [6.45, 7) is 4.76. The summed E-state index contributed by atoms with van der Waals surface area (Å²) < 4.78 is 1.92. The molecule has 0 atom stereocenters. The topological polar surface area (TPSA) is 66.3 Å². The Balaban J connectivity index is 1.34. The predicted molar refractivity (Wildman–Crippen MR) is 105 cm³/mol. The number of anilines is 2. The number of aryl methyl sites for hydroxylation is 1. The number of urea groups is 1. The van der Waals surface area contributed by atoms with Crippen molar-refractivity contribution in [1.82, 2.24) is 19.7 Å². The number of piperazine rings is 1. The van der Waals surface area contributed by atoms with Gasteiger partial charge in [-0.2, -0.15) is 0 Å². The number of nitrogens with zero attached hydrogens (tertiary/aromatic N) is 5. The van der Waals surface area contributed by atoms with Gasteiger partial charge in [-0.05, 0) is 42.8 Å². The fraction of sp³-hybridized carbons (Fsp3) is 0.250. The van der Waals surface area contributed by atoms with Gasteiger partial charge in [-0.15, -0.1) is 10.2 Å². The van der Waals surface area contributed by atoms with Crippen LogP contribution in [-0.2, 0) is 0 Å². The molecule has 3 heterocycles. The SMILES string of the molecule is Cc1ccccc1NC(=O)N1CCN(c2ccc(-n3cccc3)nn2)CC1. The van der Waals surface area contributed by atoms with E-state index in [4.69, 9.17) is 0 Å². The fourth-order valence-corrected chi connectivity index (χ4v) is 3.16. The fourth-order valence-electron chi connectivity index (χ4n) is 3.16. The molecule has 1 aromatic carbocycles. The van der Waals surface area contributed by atoms with Gasteiger partial charge in [0.05, 0.1) is 0 Å². The van der Waals surface area contributed by atoms with Crippen molar-refractivity contribution in [2.45, 2.75) is 6.92 Å². The molecule has 1 N–H and O–H groups in total. The summed E-state index contributed by atoms with van der Waals surface area (Å²) in [6, 6.07) is 15.6. The molecule has 1 saturated heterocycles. The molecular formula is C20H22N6O. The Morgan fingerprint density at radius 1 is 0.889 bits per heavy atom. The van der Waals surface area contributed by atoms with Gasteiger partial charge < -0.3 is 19.7 Å². The minimum absolute atomic E-state index is 0.0574. The third-order valence-corrected chi connectivity index (χ3v) is 4.78. The van der Waals surface area contributed by atoms with E-state index in [9.17, 15) is 4.79 Å². The van der Waals surface area contributed by atoms with E-state index in [1.165, 1.54) is 0 Å². The standard InChI is InChI=1S/C20H22N6O/c1-16-6-2-3-7-17(16)21-20(27)26-14-12-25(13-15-26)19-9-8-18(22-23-19)24-10-4-5-11-24/h2-11H,12-15H2,1H3,(H,21,27). The molecule has 3 aromatic rings. The van der Waals surface area contributed by atoms with E-state index in [1.54, 1.807) is 0 Å². The van der Waals surface area contributed by atoms with Crippen LogP contribution in [0.25, 0.3) is 5.82 Å². The van der Waals surface area contributed by atoms with E-state index in [2.05, 4.69) is 20.4 Å². The van der Waals surface area contributed by atoms with Gasteiger partial charge in [-0.25, -0.2) is 4.79 Å². The Hall–Kier alpha value is -3.35. The highest BCUT2D eigenvalue weighted by atomic mass is 16.2. The third kappa shape index (κ3) is 3.76. The molecular weight excluding hydrogens is 340 g/mol. The van der Waals surface area contributed by atoms with Crippen LogP contribution >= 0.6 is 0 Å². The summed E-state index contributed by atoms with van der Waals surface area (Å²) in [6.07, 6.45) is 3.88. The Labute approximate surface area is 158 Å². The maximum atomic E-state index is 12.5. The van der Waals surface area contributed by atoms with Gasteiger partial charge in [-0.3, -0.25) is 0 Å². The first-order valence-electron chi connectivity index (χ1n) is 9.04. The average molecular weight is 362 g/mol. The highest BCUT2D eigenvalue weighted by Gasteiger charge is 2.22. The van der Waals surface area contributed by atoms with E-state index in [0.717, 1.165) is 36.0 Å². The molecule has 138 valence electrons. The number of carbonyl (C=O) groups is 1. The smallest absolute Gasteiger partial charge is 0.321 e. The molecule has 0 bridgehead atoms. The lowest BCUT2D eigenvalue weighted by atomic mass is 10.2. The monoisotopic (exact) mass is 362 g/mol. The second-order valence-electron chi connectivity index (χ2n) is 6.56. The number of para-hydroxylation sites is 1. The second kappa shape index (κ2) is 7.49. The molecule has 1 fully saturated rings. The van der Waals surface area contributed by atoms with Gasteiger partial charge in [0, 0.05) is 44.3 Å². The van der Waals surface area contributed by atoms with E-state index >= 15 is 0 Å². The molecule has 1 aliphatic heterocycles. The van der Waals surface area contributed by atoms with E-state index in [0.29, 0.717) is 13.1 Å². The number of aromatic nitrogens is 3. The van der Waals surface area contributed by atoms with E-state index in [-0.39, 0.29) is 6.03 Å². The van der Waals surface area contributed by atoms with Crippen molar-refractivity contribution in [3.8, 4) is 5.82 Å². The van der Waals surface area contributed by atoms with Crippen LogP contribution in [0, 0.1) is 6.92 Å². The number of rotatable bonds is 3. The molecule has 2 amide bonds. The van der Waals surface area contributed by atoms with Gasteiger partial charge in [0.2, 0.25) is 0 Å². The number of hydrogen-bond acceptors (Lipinski definition) is 4. The van der Waals surface area contributed by atoms with Crippen molar-refractivity contribution in [3.63, 3.8) is 0 Å². The van der Waals surface area contributed by atoms with Crippen molar-refractivity contribution in [2.24, 2.45) is 0 Å². The third-order valence-electron chi connectivity index (χ3n) is 4.78. The zero-order valence-electron chi connectivity index (χ0n) is 15.2. The molecule has 0 unspecified atom stereocenters. The zero-order valence-corrected chi connectivity index (χ0v) is 15.2. The Kier molecular flexibility index (Phi) is 4.74. The molecule has 27 heavy (non-hydrogen) atoms. The Bertz CT molecular complexity index is 898. The number of nitrogens with one attached hydrogen (secondary N) is 1. The Morgan fingerprint density at radius 2 is 1.56 bits per heavy atom. The molecule has 2 aromatic heterocycles. The zero-order chi connectivity index (χ0) is 18.6. The summed E-state index contributed by atoms with van der Waals surface area (Å²) >= 11 is 0. The minimum atomic E-state index is -0.0574. The van der Waals surface area contributed by atoms with Crippen LogP contribution in [0.2, 0.25) is 0 Å². The maximum absolute atomic E-state index is 12.5. The summed E-state index contributed by atoms with van der Waals surface area (Å²) in [7, 11) is 0. The molecule has 0 radical (unpaired) electrons. The molecule has 0 aliphatic carbocycles. The quantitative estimate of drug-likeness (QED) is 0.778. The van der Waals surface area contributed by atoms with Crippen LogP contribution in [0.4, 0.5) is 16.3 Å². The first-order valence-corrected chi connectivity index (χ1v) is 9.04. The second-order valence-corrected chi connectivity index (χ2v) is 6.56. The minimum Gasteiger partial charge on any atom is -0.352 e.